The summed E-state index contributed by atoms with van der Waals surface area (Å²) in [5.74, 6) is -0.284. The molecule has 0 bridgehead atoms. The average molecular weight is 301 g/mol. The molecule has 2 aromatic carbocycles. The van der Waals surface area contributed by atoms with Gasteiger partial charge in [-0.15, -0.1) is 0 Å². The molecule has 0 aliphatic carbocycles. The third kappa shape index (κ3) is 3.70. The van der Waals surface area contributed by atoms with Gasteiger partial charge in [-0.3, -0.25) is 10.1 Å². The first-order chi connectivity index (χ1) is 9.97. The van der Waals surface area contributed by atoms with E-state index in [4.69, 9.17) is 18.0 Å². The maximum absolute atomic E-state index is 11.9. The molecule has 0 heterocycles. The molecule has 0 spiro atoms. The molecule has 0 aliphatic heterocycles. The standard InChI is InChI=1S/C15H15N3O2S/c1-9-7-11(16)8-12(13(9)19)17-15(21)18-14(20)10-5-3-2-4-6-10/h2-8,19H,16H2,1H3,(H2,17,18,20,21). The Morgan fingerprint density at radius 2 is 1.90 bits per heavy atom. The van der Waals surface area contributed by atoms with Gasteiger partial charge in [0, 0.05) is 11.3 Å². The van der Waals surface area contributed by atoms with Gasteiger partial charge in [0.25, 0.3) is 5.91 Å². The van der Waals surface area contributed by atoms with E-state index < -0.39 is 0 Å². The topological polar surface area (TPSA) is 87.4 Å². The van der Waals surface area contributed by atoms with Gasteiger partial charge in [-0.05, 0) is 49.0 Å². The molecule has 6 heteroatoms. The summed E-state index contributed by atoms with van der Waals surface area (Å²) in [6, 6.07) is 11.9. The molecule has 0 atom stereocenters. The van der Waals surface area contributed by atoms with Crippen molar-refractivity contribution in [3.8, 4) is 5.75 Å². The molecule has 0 fully saturated rings. The number of nitrogens with one attached hydrogen (secondary N) is 2. The van der Waals surface area contributed by atoms with E-state index in [0.29, 0.717) is 22.5 Å². The van der Waals surface area contributed by atoms with E-state index in [1.165, 1.54) is 0 Å². The molecular weight excluding hydrogens is 286 g/mol. The first-order valence-electron chi connectivity index (χ1n) is 6.24. The van der Waals surface area contributed by atoms with Crippen LogP contribution in [0.2, 0.25) is 0 Å². The van der Waals surface area contributed by atoms with Gasteiger partial charge in [0.15, 0.2) is 5.11 Å². The van der Waals surface area contributed by atoms with Crippen molar-refractivity contribution in [1.82, 2.24) is 5.32 Å². The van der Waals surface area contributed by atoms with Crippen LogP contribution in [0, 0.1) is 6.92 Å². The van der Waals surface area contributed by atoms with Crippen molar-refractivity contribution in [2.75, 3.05) is 11.1 Å². The van der Waals surface area contributed by atoms with E-state index in [9.17, 15) is 9.90 Å². The van der Waals surface area contributed by atoms with Gasteiger partial charge in [-0.2, -0.15) is 0 Å². The second-order valence-corrected chi connectivity index (χ2v) is 4.92. The lowest BCUT2D eigenvalue weighted by molar-refractivity contribution is 0.0977. The molecule has 0 radical (unpaired) electrons. The molecule has 0 aromatic heterocycles. The number of phenolic OH excluding ortho intramolecular Hbond substituents is 1. The Hall–Kier alpha value is -2.60. The molecule has 2 aromatic rings. The second-order valence-electron chi connectivity index (χ2n) is 4.51. The van der Waals surface area contributed by atoms with Crippen LogP contribution in [0.5, 0.6) is 5.75 Å². The quantitative estimate of drug-likeness (QED) is 0.296. The van der Waals surface area contributed by atoms with E-state index in [1.807, 2.05) is 6.07 Å². The summed E-state index contributed by atoms with van der Waals surface area (Å²) >= 11 is 5.06. The molecule has 0 aliphatic rings. The van der Waals surface area contributed by atoms with Crippen molar-refractivity contribution in [3.05, 3.63) is 53.6 Å². The highest BCUT2D eigenvalue weighted by molar-refractivity contribution is 7.80. The van der Waals surface area contributed by atoms with Gasteiger partial charge < -0.3 is 16.2 Å². The number of hydrogen-bond donors (Lipinski definition) is 4. The molecule has 0 saturated heterocycles. The SMILES string of the molecule is Cc1cc(N)cc(NC(=S)NC(=O)c2ccccc2)c1O. The number of aryl methyl sites for hydroxylation is 1. The number of carbonyl (C=O) groups excluding carboxylic acids is 1. The minimum atomic E-state index is -0.326. The fraction of sp³-hybridized carbons (Fsp3) is 0.0667. The van der Waals surface area contributed by atoms with Crippen LogP contribution < -0.4 is 16.4 Å². The van der Waals surface area contributed by atoms with Crippen LogP contribution in [0.25, 0.3) is 0 Å². The first-order valence-corrected chi connectivity index (χ1v) is 6.64. The van der Waals surface area contributed by atoms with Gasteiger partial charge in [0.05, 0.1) is 5.69 Å². The normalized spacial score (nSPS) is 9.95. The summed E-state index contributed by atoms with van der Waals surface area (Å²) in [7, 11) is 0. The van der Waals surface area contributed by atoms with Crippen LogP contribution in [0.4, 0.5) is 11.4 Å². The number of benzene rings is 2. The third-order valence-electron chi connectivity index (χ3n) is 2.83. The summed E-state index contributed by atoms with van der Waals surface area (Å²) < 4.78 is 0. The minimum Gasteiger partial charge on any atom is -0.505 e. The van der Waals surface area contributed by atoms with E-state index in [0.717, 1.165) is 0 Å². The van der Waals surface area contributed by atoms with Crippen molar-refractivity contribution >= 4 is 34.6 Å². The number of nitrogen functional groups attached to an aromatic ring is 1. The summed E-state index contributed by atoms with van der Waals surface area (Å²) in [6.07, 6.45) is 0. The smallest absolute Gasteiger partial charge is 0.257 e. The number of aromatic hydroxyl groups is 1. The van der Waals surface area contributed by atoms with Gasteiger partial charge >= 0.3 is 0 Å². The number of amides is 1. The van der Waals surface area contributed by atoms with Crippen molar-refractivity contribution in [3.63, 3.8) is 0 Å². The van der Waals surface area contributed by atoms with Gasteiger partial charge in [-0.25, -0.2) is 0 Å². The molecule has 2 rings (SSSR count). The highest BCUT2D eigenvalue weighted by Gasteiger charge is 2.10. The average Bonchev–Trinajstić information content (AvgIpc) is 2.45. The van der Waals surface area contributed by atoms with Gasteiger partial charge in [0.1, 0.15) is 5.75 Å². The maximum atomic E-state index is 11.9. The summed E-state index contributed by atoms with van der Waals surface area (Å²) in [4.78, 5) is 11.9. The number of hydrogen-bond acceptors (Lipinski definition) is 4. The summed E-state index contributed by atoms with van der Waals surface area (Å²) in [5.41, 5.74) is 7.67. The van der Waals surface area contributed by atoms with E-state index in [2.05, 4.69) is 10.6 Å². The summed E-state index contributed by atoms with van der Waals surface area (Å²) in [6.45, 7) is 1.72. The van der Waals surface area contributed by atoms with E-state index >= 15 is 0 Å². The molecule has 5 N–H and O–H groups in total. The Bertz CT molecular complexity index is 687. The van der Waals surface area contributed by atoms with E-state index in [-0.39, 0.29) is 16.8 Å². The van der Waals surface area contributed by atoms with Crippen LogP contribution >= 0.6 is 12.2 Å². The Morgan fingerprint density at radius 1 is 1.24 bits per heavy atom. The zero-order valence-electron chi connectivity index (χ0n) is 11.4. The molecule has 108 valence electrons. The zero-order chi connectivity index (χ0) is 15.4. The number of nitrogens with two attached hydrogens (primary N) is 1. The predicted octanol–water partition coefficient (Wildman–Crippen LogP) is 2.41. The van der Waals surface area contributed by atoms with Crippen LogP contribution in [0.15, 0.2) is 42.5 Å². The summed E-state index contributed by atoms with van der Waals surface area (Å²) in [5, 5.41) is 15.3. The number of thiocarbonyl (C=S) groups is 1. The van der Waals surface area contributed by atoms with Crippen molar-refractivity contribution in [1.29, 1.82) is 0 Å². The van der Waals surface area contributed by atoms with Crippen molar-refractivity contribution in [2.24, 2.45) is 0 Å². The van der Waals surface area contributed by atoms with Crippen molar-refractivity contribution in [2.45, 2.75) is 6.92 Å². The monoisotopic (exact) mass is 301 g/mol. The first kappa shape index (κ1) is 14.8. The fourth-order valence-corrected chi connectivity index (χ4v) is 2.02. The Morgan fingerprint density at radius 3 is 2.57 bits per heavy atom. The molecule has 5 nitrogen and oxygen atoms in total. The largest absolute Gasteiger partial charge is 0.505 e. The molecular formula is C15H15N3O2S. The second kappa shape index (κ2) is 6.23. The Balaban J connectivity index is 2.08. The molecule has 21 heavy (non-hydrogen) atoms. The minimum absolute atomic E-state index is 0.0421. The highest BCUT2D eigenvalue weighted by atomic mass is 32.1. The van der Waals surface area contributed by atoms with Gasteiger partial charge in [0.2, 0.25) is 0 Å². The number of phenols is 1. The van der Waals surface area contributed by atoms with Crippen LogP contribution in [0.1, 0.15) is 15.9 Å². The molecule has 1 amide bonds. The third-order valence-corrected chi connectivity index (χ3v) is 3.04. The molecule has 0 saturated carbocycles. The number of anilines is 2. The lowest BCUT2D eigenvalue weighted by Crippen LogP contribution is -2.34. The highest BCUT2D eigenvalue weighted by Crippen LogP contribution is 2.29. The number of carbonyl (C=O) groups is 1. The lowest BCUT2D eigenvalue weighted by Gasteiger charge is -2.13. The Labute approximate surface area is 127 Å². The van der Waals surface area contributed by atoms with Gasteiger partial charge in [-0.1, -0.05) is 18.2 Å². The van der Waals surface area contributed by atoms with Crippen molar-refractivity contribution < 1.29 is 9.90 Å². The predicted molar refractivity (Wildman–Crippen MR) is 87.4 cm³/mol. The molecule has 0 unspecified atom stereocenters. The lowest BCUT2D eigenvalue weighted by atomic mass is 10.1. The number of rotatable bonds is 2. The fourth-order valence-electron chi connectivity index (χ4n) is 1.82. The van der Waals surface area contributed by atoms with E-state index in [1.54, 1.807) is 43.3 Å². The zero-order valence-corrected chi connectivity index (χ0v) is 12.2. The van der Waals surface area contributed by atoms with Crippen LogP contribution in [0.3, 0.4) is 0 Å². The van der Waals surface area contributed by atoms with Crippen LogP contribution in [-0.4, -0.2) is 16.1 Å². The van der Waals surface area contributed by atoms with Crippen LogP contribution in [-0.2, 0) is 0 Å². The maximum Gasteiger partial charge on any atom is 0.257 e. The Kier molecular flexibility index (Phi) is 4.39.